The van der Waals surface area contributed by atoms with E-state index < -0.39 is 0 Å². The molecule has 22 heavy (non-hydrogen) atoms. The number of carbonyl (C=O) groups is 1. The van der Waals surface area contributed by atoms with Crippen molar-refractivity contribution in [3.63, 3.8) is 0 Å². The van der Waals surface area contributed by atoms with Crippen LogP contribution < -0.4 is 5.32 Å². The summed E-state index contributed by atoms with van der Waals surface area (Å²) in [6.07, 6.45) is 4.05. The van der Waals surface area contributed by atoms with Gasteiger partial charge in [-0.05, 0) is 44.0 Å². The van der Waals surface area contributed by atoms with Gasteiger partial charge in [-0.3, -0.25) is 4.79 Å². The molecule has 0 radical (unpaired) electrons. The quantitative estimate of drug-likeness (QED) is 0.921. The molecule has 3 fully saturated rings. The van der Waals surface area contributed by atoms with Crippen molar-refractivity contribution in [2.75, 3.05) is 19.6 Å². The van der Waals surface area contributed by atoms with Crippen molar-refractivity contribution in [2.24, 2.45) is 5.92 Å². The second-order valence-corrected chi connectivity index (χ2v) is 6.10. The Hall–Kier alpha value is -2.21. The lowest BCUT2D eigenvalue weighted by atomic mass is 9.84. The molecule has 2 aromatic rings. The maximum absolute atomic E-state index is 12.4. The van der Waals surface area contributed by atoms with Crippen LogP contribution in [0.25, 0.3) is 5.69 Å². The lowest BCUT2D eigenvalue weighted by Crippen LogP contribution is -2.57. The van der Waals surface area contributed by atoms with Crippen LogP contribution in [0.2, 0.25) is 0 Å². The number of hydrogen-bond donors (Lipinski definition) is 1. The Balaban J connectivity index is 1.46. The van der Waals surface area contributed by atoms with Crippen LogP contribution in [-0.4, -0.2) is 51.5 Å². The average molecular weight is 297 g/mol. The number of para-hydroxylation sites is 1. The molecule has 4 heterocycles. The van der Waals surface area contributed by atoms with Crippen LogP contribution in [0.4, 0.5) is 0 Å². The summed E-state index contributed by atoms with van der Waals surface area (Å²) < 4.78 is 1.63. The van der Waals surface area contributed by atoms with Crippen molar-refractivity contribution >= 4 is 5.91 Å². The van der Waals surface area contributed by atoms with Gasteiger partial charge >= 0.3 is 0 Å². The summed E-state index contributed by atoms with van der Waals surface area (Å²) in [6, 6.07) is 9.93. The van der Waals surface area contributed by atoms with E-state index in [2.05, 4.69) is 20.5 Å². The molecule has 3 saturated heterocycles. The van der Waals surface area contributed by atoms with E-state index in [4.69, 9.17) is 0 Å². The molecule has 1 atom stereocenters. The van der Waals surface area contributed by atoms with Gasteiger partial charge in [-0.15, -0.1) is 5.10 Å². The molecule has 5 rings (SSSR count). The van der Waals surface area contributed by atoms with Gasteiger partial charge in [-0.2, -0.15) is 0 Å². The van der Waals surface area contributed by atoms with E-state index in [1.54, 1.807) is 10.9 Å². The summed E-state index contributed by atoms with van der Waals surface area (Å²) in [5.74, 6) is 0.485. The van der Waals surface area contributed by atoms with E-state index in [-0.39, 0.29) is 11.9 Å². The van der Waals surface area contributed by atoms with Crippen molar-refractivity contribution < 1.29 is 4.79 Å². The monoisotopic (exact) mass is 297 g/mol. The van der Waals surface area contributed by atoms with E-state index >= 15 is 0 Å². The van der Waals surface area contributed by atoms with Crippen molar-refractivity contribution in [3.05, 3.63) is 42.2 Å². The summed E-state index contributed by atoms with van der Waals surface area (Å²) in [6.45, 7) is 3.30. The maximum Gasteiger partial charge on any atom is 0.273 e. The molecule has 0 aliphatic carbocycles. The topological polar surface area (TPSA) is 63.1 Å². The second kappa shape index (κ2) is 5.53. The lowest BCUT2D eigenvalue weighted by Gasteiger charge is -2.44. The van der Waals surface area contributed by atoms with Gasteiger partial charge in [0.05, 0.1) is 11.9 Å². The van der Waals surface area contributed by atoms with Gasteiger partial charge < -0.3 is 10.2 Å². The van der Waals surface area contributed by atoms with Gasteiger partial charge in [0.25, 0.3) is 5.91 Å². The van der Waals surface area contributed by atoms with Gasteiger partial charge in [0.15, 0.2) is 5.69 Å². The predicted molar refractivity (Wildman–Crippen MR) is 81.8 cm³/mol. The van der Waals surface area contributed by atoms with E-state index in [0.29, 0.717) is 11.6 Å². The summed E-state index contributed by atoms with van der Waals surface area (Å²) in [4.78, 5) is 14.8. The normalized spacial score (nSPS) is 26.8. The molecule has 0 spiro atoms. The fourth-order valence-corrected chi connectivity index (χ4v) is 3.45. The highest BCUT2D eigenvalue weighted by Crippen LogP contribution is 2.27. The Labute approximate surface area is 129 Å². The average Bonchev–Trinajstić information content (AvgIpc) is 3.07. The van der Waals surface area contributed by atoms with Crippen LogP contribution in [0, 0.1) is 5.92 Å². The zero-order valence-corrected chi connectivity index (χ0v) is 12.4. The zero-order valence-electron chi connectivity index (χ0n) is 12.4. The van der Waals surface area contributed by atoms with Gasteiger partial charge in [0.2, 0.25) is 0 Å². The maximum atomic E-state index is 12.4. The summed E-state index contributed by atoms with van der Waals surface area (Å²) in [5.41, 5.74) is 1.28. The first-order valence-corrected chi connectivity index (χ1v) is 7.80. The lowest BCUT2D eigenvalue weighted by molar-refractivity contribution is 0.0617. The van der Waals surface area contributed by atoms with Crippen molar-refractivity contribution in [1.29, 1.82) is 0 Å². The Morgan fingerprint density at radius 2 is 1.95 bits per heavy atom. The van der Waals surface area contributed by atoms with Gasteiger partial charge in [0.1, 0.15) is 0 Å². The van der Waals surface area contributed by atoms with Gasteiger partial charge in [-0.25, -0.2) is 4.68 Å². The minimum atomic E-state index is -0.124. The first-order chi connectivity index (χ1) is 10.8. The summed E-state index contributed by atoms with van der Waals surface area (Å²) in [7, 11) is 0. The van der Waals surface area contributed by atoms with Crippen LogP contribution in [-0.2, 0) is 0 Å². The molecule has 1 aromatic carbocycles. The first kappa shape index (κ1) is 13.5. The number of rotatable bonds is 3. The number of fused-ring (bicyclic) bond motifs is 3. The van der Waals surface area contributed by atoms with Gasteiger partial charge in [-0.1, -0.05) is 23.4 Å². The molecule has 1 amide bonds. The fourth-order valence-electron chi connectivity index (χ4n) is 3.45. The number of nitrogens with one attached hydrogen (secondary N) is 1. The molecule has 1 aromatic heterocycles. The Morgan fingerprint density at radius 3 is 2.64 bits per heavy atom. The van der Waals surface area contributed by atoms with Crippen LogP contribution in [0.5, 0.6) is 0 Å². The standard InChI is InChI=1S/C16H19N5O/c22-16(17-14-10-20-8-6-12(14)7-9-20)15-11-21(19-18-15)13-4-2-1-3-5-13/h1-5,11-12,14H,6-10H2,(H,17,22)/t14-/m0/s1. The minimum Gasteiger partial charge on any atom is -0.346 e. The molecule has 0 unspecified atom stereocenters. The third-order valence-electron chi connectivity index (χ3n) is 4.72. The predicted octanol–water partition coefficient (Wildman–Crippen LogP) is 1.09. The Kier molecular flexibility index (Phi) is 3.38. The smallest absolute Gasteiger partial charge is 0.273 e. The summed E-state index contributed by atoms with van der Waals surface area (Å²) >= 11 is 0. The van der Waals surface area contributed by atoms with Crippen LogP contribution in [0.1, 0.15) is 23.3 Å². The minimum absolute atomic E-state index is 0.124. The molecular weight excluding hydrogens is 278 g/mol. The van der Waals surface area contributed by atoms with Crippen molar-refractivity contribution in [2.45, 2.75) is 18.9 Å². The SMILES string of the molecule is O=C(N[C@H]1CN2CCC1CC2)c1cn(-c2ccccc2)nn1. The highest BCUT2D eigenvalue weighted by molar-refractivity contribution is 5.92. The fraction of sp³-hybridized carbons (Fsp3) is 0.438. The van der Waals surface area contributed by atoms with Crippen LogP contribution in [0.3, 0.4) is 0 Å². The van der Waals surface area contributed by atoms with Crippen LogP contribution in [0.15, 0.2) is 36.5 Å². The molecular formula is C16H19N5O. The van der Waals surface area contributed by atoms with Crippen LogP contribution >= 0.6 is 0 Å². The highest BCUT2D eigenvalue weighted by atomic mass is 16.2. The number of aromatic nitrogens is 3. The third-order valence-corrected chi connectivity index (χ3v) is 4.72. The molecule has 3 aliphatic rings. The second-order valence-electron chi connectivity index (χ2n) is 6.10. The molecule has 6 heteroatoms. The van der Waals surface area contributed by atoms with Crippen molar-refractivity contribution in [1.82, 2.24) is 25.2 Å². The molecule has 2 bridgehead atoms. The van der Waals surface area contributed by atoms with E-state index in [1.165, 1.54) is 25.9 Å². The van der Waals surface area contributed by atoms with E-state index in [0.717, 1.165) is 12.2 Å². The highest BCUT2D eigenvalue weighted by Gasteiger charge is 2.35. The number of piperidine rings is 3. The molecule has 3 aliphatic heterocycles. The molecule has 1 N–H and O–H groups in total. The first-order valence-electron chi connectivity index (χ1n) is 7.80. The number of benzene rings is 1. The number of amides is 1. The third kappa shape index (κ3) is 2.50. The van der Waals surface area contributed by atoms with E-state index in [1.807, 2.05) is 30.3 Å². The Bertz CT molecular complexity index is 660. The summed E-state index contributed by atoms with van der Waals surface area (Å²) in [5, 5.41) is 11.2. The molecule has 0 saturated carbocycles. The Morgan fingerprint density at radius 1 is 1.18 bits per heavy atom. The molecule has 6 nitrogen and oxygen atoms in total. The van der Waals surface area contributed by atoms with Crippen molar-refractivity contribution in [3.8, 4) is 5.69 Å². The van der Waals surface area contributed by atoms with E-state index in [9.17, 15) is 4.79 Å². The zero-order chi connectivity index (χ0) is 14.9. The number of carbonyl (C=O) groups excluding carboxylic acids is 1. The largest absolute Gasteiger partial charge is 0.346 e. The number of nitrogens with zero attached hydrogens (tertiary/aromatic N) is 4. The molecule has 114 valence electrons. The van der Waals surface area contributed by atoms with Gasteiger partial charge in [0, 0.05) is 12.6 Å². The number of hydrogen-bond acceptors (Lipinski definition) is 4.